The first-order chi connectivity index (χ1) is 12.3. The van der Waals surface area contributed by atoms with Crippen molar-refractivity contribution in [3.05, 3.63) is 47.0 Å². The van der Waals surface area contributed by atoms with Crippen LogP contribution in [-0.4, -0.2) is 31.0 Å². The van der Waals surface area contributed by atoms with E-state index >= 15 is 0 Å². The molecule has 128 valence electrons. The van der Waals surface area contributed by atoms with Crippen LogP contribution in [0.2, 0.25) is 0 Å². The first-order valence-electron chi connectivity index (χ1n) is 8.13. The number of fused-ring (bicyclic) bond motifs is 1. The molecule has 3 heterocycles. The van der Waals surface area contributed by atoms with Gasteiger partial charge in [-0.3, -0.25) is 10.3 Å². The van der Waals surface area contributed by atoms with Crippen LogP contribution in [-0.2, 0) is 19.4 Å². The number of hydrogen-bond donors (Lipinski definition) is 2. The molecule has 1 aliphatic rings. The highest BCUT2D eigenvalue weighted by Crippen LogP contribution is 2.29. The van der Waals surface area contributed by atoms with Crippen LogP contribution in [0.4, 0.5) is 9.93 Å². The Hall–Kier alpha value is -2.81. The fourth-order valence-electron chi connectivity index (χ4n) is 2.71. The number of carbonyl (C=O) groups excluding carboxylic acids is 1. The summed E-state index contributed by atoms with van der Waals surface area (Å²) in [5.74, 6) is 0. The molecule has 0 bridgehead atoms. The van der Waals surface area contributed by atoms with Crippen molar-refractivity contribution in [2.24, 2.45) is 0 Å². The van der Waals surface area contributed by atoms with Crippen LogP contribution < -0.4 is 10.6 Å². The van der Waals surface area contributed by atoms with Gasteiger partial charge in [-0.2, -0.15) is 0 Å². The van der Waals surface area contributed by atoms with Crippen LogP contribution >= 0.6 is 11.3 Å². The minimum absolute atomic E-state index is 0.289. The molecule has 9 heteroatoms. The average molecular weight is 355 g/mol. The molecule has 0 atom stereocenters. The van der Waals surface area contributed by atoms with Gasteiger partial charge in [-0.1, -0.05) is 5.21 Å². The van der Waals surface area contributed by atoms with E-state index in [4.69, 9.17) is 0 Å². The molecular formula is C16H17N7OS. The lowest BCUT2D eigenvalue weighted by Gasteiger charge is -2.06. The maximum absolute atomic E-state index is 12.1. The van der Waals surface area contributed by atoms with Gasteiger partial charge in [0.05, 0.1) is 30.3 Å². The number of carbonyl (C=O) groups is 1. The van der Waals surface area contributed by atoms with E-state index in [1.54, 1.807) is 34.6 Å². The number of nitrogens with one attached hydrogen (secondary N) is 2. The highest BCUT2D eigenvalue weighted by Gasteiger charge is 2.16. The molecule has 0 saturated carbocycles. The number of rotatable bonds is 4. The number of nitrogens with zero attached hydrogens (tertiary/aromatic N) is 5. The van der Waals surface area contributed by atoms with Crippen LogP contribution in [0, 0.1) is 0 Å². The number of amides is 2. The molecule has 25 heavy (non-hydrogen) atoms. The molecule has 2 N–H and O–H groups in total. The molecule has 0 aliphatic heterocycles. The molecule has 3 aromatic heterocycles. The zero-order valence-electron chi connectivity index (χ0n) is 13.5. The first kappa shape index (κ1) is 15.7. The lowest BCUT2D eigenvalue weighted by molar-refractivity contribution is 0.251. The molecular weight excluding hydrogens is 338 g/mol. The average Bonchev–Trinajstić information content (AvgIpc) is 3.27. The number of aromatic nitrogens is 5. The summed E-state index contributed by atoms with van der Waals surface area (Å²) >= 11 is 1.56. The van der Waals surface area contributed by atoms with E-state index in [-0.39, 0.29) is 12.6 Å². The second-order valence-corrected chi connectivity index (χ2v) is 6.85. The van der Waals surface area contributed by atoms with Gasteiger partial charge in [0.2, 0.25) is 0 Å². The second-order valence-electron chi connectivity index (χ2n) is 5.77. The highest BCUT2D eigenvalue weighted by molar-refractivity contribution is 7.15. The van der Waals surface area contributed by atoms with E-state index in [0.717, 1.165) is 24.2 Å². The normalized spacial score (nSPS) is 13.3. The van der Waals surface area contributed by atoms with Gasteiger partial charge in [0, 0.05) is 11.1 Å². The smallest absolute Gasteiger partial charge is 0.321 e. The molecule has 8 nitrogen and oxygen atoms in total. The summed E-state index contributed by atoms with van der Waals surface area (Å²) in [6, 6.07) is 3.42. The summed E-state index contributed by atoms with van der Waals surface area (Å²) < 4.78 is 1.62. The predicted molar refractivity (Wildman–Crippen MR) is 93.8 cm³/mol. The van der Waals surface area contributed by atoms with E-state index in [1.807, 2.05) is 12.1 Å². The minimum Gasteiger partial charge on any atom is -0.332 e. The number of thiazole rings is 1. The third kappa shape index (κ3) is 3.66. The Morgan fingerprint density at radius 2 is 2.24 bits per heavy atom. The van der Waals surface area contributed by atoms with Crippen LogP contribution in [0.1, 0.15) is 29.1 Å². The highest BCUT2D eigenvalue weighted by atomic mass is 32.1. The standard InChI is InChI=1S/C16H17N7OS/c24-15(20-16-19-13-5-1-2-6-14(13)25-16)18-8-11-10-23(22-21-11)12-4-3-7-17-9-12/h3-4,7,9-10H,1-2,5-6,8H2,(H2,18,19,20,24). The summed E-state index contributed by atoms with van der Waals surface area (Å²) in [6.07, 6.45) is 9.61. The fourth-order valence-corrected chi connectivity index (χ4v) is 3.76. The Kier molecular flexibility index (Phi) is 4.38. The summed E-state index contributed by atoms with van der Waals surface area (Å²) in [4.78, 5) is 21.9. The number of hydrogen-bond acceptors (Lipinski definition) is 6. The Labute approximate surface area is 148 Å². The number of aryl methyl sites for hydroxylation is 2. The van der Waals surface area contributed by atoms with Gasteiger partial charge in [-0.05, 0) is 37.8 Å². The Balaban J connectivity index is 1.33. The van der Waals surface area contributed by atoms with Gasteiger partial charge < -0.3 is 5.32 Å². The third-order valence-corrected chi connectivity index (χ3v) is 5.02. The van der Waals surface area contributed by atoms with Crippen LogP contribution in [0.3, 0.4) is 0 Å². The van der Waals surface area contributed by atoms with Gasteiger partial charge in [0.15, 0.2) is 5.13 Å². The molecule has 0 aromatic carbocycles. The van der Waals surface area contributed by atoms with Crippen LogP contribution in [0.15, 0.2) is 30.7 Å². The SMILES string of the molecule is O=C(NCc1cn(-c2cccnc2)nn1)Nc1nc2c(s1)CCCC2. The minimum atomic E-state index is -0.290. The fraction of sp³-hybridized carbons (Fsp3) is 0.312. The van der Waals surface area contributed by atoms with Crippen molar-refractivity contribution in [3.63, 3.8) is 0 Å². The molecule has 0 fully saturated rings. The zero-order chi connectivity index (χ0) is 17.1. The molecule has 0 saturated heterocycles. The van der Waals surface area contributed by atoms with E-state index in [2.05, 4.69) is 30.9 Å². The van der Waals surface area contributed by atoms with Crippen LogP contribution in [0.5, 0.6) is 0 Å². The molecule has 0 spiro atoms. The Morgan fingerprint density at radius 3 is 3.08 bits per heavy atom. The van der Waals surface area contributed by atoms with Gasteiger partial charge in [0.1, 0.15) is 5.69 Å². The van der Waals surface area contributed by atoms with Crippen molar-refractivity contribution in [1.29, 1.82) is 0 Å². The Morgan fingerprint density at radius 1 is 1.32 bits per heavy atom. The van der Waals surface area contributed by atoms with Crippen molar-refractivity contribution in [1.82, 2.24) is 30.3 Å². The van der Waals surface area contributed by atoms with Crippen molar-refractivity contribution in [2.45, 2.75) is 32.2 Å². The summed E-state index contributed by atoms with van der Waals surface area (Å²) in [5.41, 5.74) is 2.61. The van der Waals surface area contributed by atoms with Gasteiger partial charge in [-0.25, -0.2) is 14.5 Å². The van der Waals surface area contributed by atoms with Gasteiger partial charge in [-0.15, -0.1) is 16.4 Å². The van der Waals surface area contributed by atoms with Crippen LogP contribution in [0.25, 0.3) is 5.69 Å². The largest absolute Gasteiger partial charge is 0.332 e. The van der Waals surface area contributed by atoms with Crippen molar-refractivity contribution in [2.75, 3.05) is 5.32 Å². The maximum atomic E-state index is 12.1. The van der Waals surface area contributed by atoms with Gasteiger partial charge >= 0.3 is 6.03 Å². The topological polar surface area (TPSA) is 97.6 Å². The molecule has 4 rings (SSSR count). The monoisotopic (exact) mass is 355 g/mol. The summed E-state index contributed by atoms with van der Waals surface area (Å²) in [6.45, 7) is 0.289. The van der Waals surface area contributed by atoms with Crippen molar-refractivity contribution in [3.8, 4) is 5.69 Å². The number of pyridine rings is 1. The van der Waals surface area contributed by atoms with E-state index in [0.29, 0.717) is 10.8 Å². The Bertz CT molecular complexity index is 850. The summed E-state index contributed by atoms with van der Waals surface area (Å²) in [5, 5.41) is 14.3. The molecule has 0 unspecified atom stereocenters. The zero-order valence-corrected chi connectivity index (χ0v) is 14.3. The summed E-state index contributed by atoms with van der Waals surface area (Å²) in [7, 11) is 0. The molecule has 1 aliphatic carbocycles. The first-order valence-corrected chi connectivity index (χ1v) is 8.94. The second kappa shape index (κ2) is 6.98. The van der Waals surface area contributed by atoms with E-state index in [1.165, 1.54) is 17.7 Å². The van der Waals surface area contributed by atoms with E-state index < -0.39 is 0 Å². The third-order valence-electron chi connectivity index (χ3n) is 3.95. The molecule has 0 radical (unpaired) electrons. The lowest BCUT2D eigenvalue weighted by atomic mass is 10.0. The predicted octanol–water partition coefficient (Wildman–Crippen LogP) is 2.32. The van der Waals surface area contributed by atoms with Crippen molar-refractivity contribution >= 4 is 22.5 Å². The number of urea groups is 1. The number of anilines is 1. The lowest BCUT2D eigenvalue weighted by Crippen LogP contribution is -2.28. The van der Waals surface area contributed by atoms with Gasteiger partial charge in [0.25, 0.3) is 0 Å². The molecule has 3 aromatic rings. The van der Waals surface area contributed by atoms with Crippen molar-refractivity contribution < 1.29 is 4.79 Å². The molecule has 2 amide bonds. The quantitative estimate of drug-likeness (QED) is 0.748. The maximum Gasteiger partial charge on any atom is 0.321 e. The van der Waals surface area contributed by atoms with E-state index in [9.17, 15) is 4.79 Å².